The molecule has 0 spiro atoms. The Morgan fingerprint density at radius 2 is 1.95 bits per heavy atom. The lowest BCUT2D eigenvalue weighted by Gasteiger charge is -2.28. The van der Waals surface area contributed by atoms with Gasteiger partial charge >= 0.3 is 5.97 Å². The molecule has 1 aromatic rings. The van der Waals surface area contributed by atoms with Crippen molar-refractivity contribution in [3.8, 4) is 6.07 Å². The molecule has 21 heavy (non-hydrogen) atoms. The van der Waals surface area contributed by atoms with E-state index in [9.17, 15) is 14.7 Å². The fraction of sp³-hybridized carbons (Fsp3) is 0.438. The van der Waals surface area contributed by atoms with E-state index in [1.807, 2.05) is 6.07 Å². The molecule has 1 N–H and O–H groups in total. The molecule has 0 fully saturated rings. The van der Waals surface area contributed by atoms with Gasteiger partial charge in [-0.1, -0.05) is 19.9 Å². The lowest BCUT2D eigenvalue weighted by Crippen LogP contribution is -2.37. The van der Waals surface area contributed by atoms with Crippen LogP contribution in [0.2, 0.25) is 0 Å². The van der Waals surface area contributed by atoms with Gasteiger partial charge in [0.05, 0.1) is 17.0 Å². The van der Waals surface area contributed by atoms with Gasteiger partial charge in [-0.15, -0.1) is 0 Å². The topological polar surface area (TPSA) is 81.4 Å². The van der Waals surface area contributed by atoms with Crippen LogP contribution in [0.3, 0.4) is 0 Å². The molecule has 0 aliphatic heterocycles. The first-order valence-corrected chi connectivity index (χ1v) is 6.90. The van der Waals surface area contributed by atoms with Crippen LogP contribution in [0.1, 0.15) is 38.7 Å². The van der Waals surface area contributed by atoms with Gasteiger partial charge in [0.2, 0.25) is 5.91 Å². The third kappa shape index (κ3) is 3.60. The van der Waals surface area contributed by atoms with Crippen molar-refractivity contribution in [2.45, 2.75) is 33.1 Å². The Morgan fingerprint density at radius 3 is 2.43 bits per heavy atom. The largest absolute Gasteiger partial charge is 0.481 e. The van der Waals surface area contributed by atoms with E-state index in [4.69, 9.17) is 5.26 Å². The summed E-state index contributed by atoms with van der Waals surface area (Å²) in [5, 5.41) is 18.3. The van der Waals surface area contributed by atoms with Gasteiger partial charge in [0.25, 0.3) is 0 Å². The summed E-state index contributed by atoms with van der Waals surface area (Å²) in [7, 11) is 1.59. The Kier molecular flexibility index (Phi) is 5.48. The van der Waals surface area contributed by atoms with Crippen LogP contribution in [0.15, 0.2) is 24.3 Å². The molecule has 0 aliphatic carbocycles. The first kappa shape index (κ1) is 16.7. The van der Waals surface area contributed by atoms with Crippen molar-refractivity contribution >= 4 is 17.6 Å². The number of anilines is 1. The highest BCUT2D eigenvalue weighted by atomic mass is 16.4. The highest BCUT2D eigenvalue weighted by Crippen LogP contribution is 2.32. The highest BCUT2D eigenvalue weighted by molar-refractivity contribution is 5.96. The Morgan fingerprint density at radius 1 is 1.33 bits per heavy atom. The quantitative estimate of drug-likeness (QED) is 0.872. The zero-order valence-corrected chi connectivity index (χ0v) is 12.6. The van der Waals surface area contributed by atoms with Crippen LogP contribution in [0.5, 0.6) is 0 Å². The molecule has 1 aromatic carbocycles. The Labute approximate surface area is 124 Å². The number of aliphatic carboxylic acids is 1. The smallest absolute Gasteiger partial charge is 0.310 e. The van der Waals surface area contributed by atoms with Crippen LogP contribution in [-0.4, -0.2) is 24.0 Å². The third-order valence-electron chi connectivity index (χ3n) is 4.03. The van der Waals surface area contributed by atoms with Crippen molar-refractivity contribution in [1.82, 2.24) is 0 Å². The Hall–Kier alpha value is -2.35. The molecule has 5 heteroatoms. The number of benzene rings is 1. The minimum absolute atomic E-state index is 0.0530. The van der Waals surface area contributed by atoms with Crippen LogP contribution in [-0.2, 0) is 9.59 Å². The molecule has 0 aromatic heterocycles. The molecule has 112 valence electrons. The van der Waals surface area contributed by atoms with E-state index in [0.29, 0.717) is 24.1 Å². The standard InChI is InChI=1S/C16H20N2O3/c1-4-16(5-2,15(20)21)10-14(19)18(3)13-8-6-7-12(9-13)11-17/h6-9H,4-5,10H2,1-3H3,(H,20,21). The monoisotopic (exact) mass is 288 g/mol. The molecular formula is C16H20N2O3. The molecule has 0 radical (unpaired) electrons. The molecule has 0 atom stereocenters. The highest BCUT2D eigenvalue weighted by Gasteiger charge is 2.38. The van der Waals surface area contributed by atoms with Gasteiger partial charge in [-0.3, -0.25) is 9.59 Å². The first-order chi connectivity index (χ1) is 9.90. The summed E-state index contributed by atoms with van der Waals surface area (Å²) in [4.78, 5) is 25.2. The molecular weight excluding hydrogens is 268 g/mol. The number of nitrogens with zero attached hydrogens (tertiary/aromatic N) is 2. The van der Waals surface area contributed by atoms with Crippen molar-refractivity contribution < 1.29 is 14.7 Å². The second-order valence-electron chi connectivity index (χ2n) is 5.08. The lowest BCUT2D eigenvalue weighted by atomic mass is 9.79. The van der Waals surface area contributed by atoms with E-state index in [-0.39, 0.29) is 12.3 Å². The Balaban J connectivity index is 2.97. The van der Waals surface area contributed by atoms with Crippen LogP contribution in [0, 0.1) is 16.7 Å². The SMILES string of the molecule is CCC(CC)(CC(=O)N(C)c1cccc(C#N)c1)C(=O)O. The van der Waals surface area contributed by atoms with Gasteiger partial charge in [-0.05, 0) is 31.0 Å². The van der Waals surface area contributed by atoms with Gasteiger partial charge in [0, 0.05) is 19.2 Å². The molecule has 1 rings (SSSR count). The fourth-order valence-electron chi connectivity index (χ4n) is 2.21. The molecule has 0 unspecified atom stereocenters. The maximum absolute atomic E-state index is 12.4. The number of carboxylic acid groups (broad SMARTS) is 1. The van der Waals surface area contributed by atoms with Crippen molar-refractivity contribution in [3.05, 3.63) is 29.8 Å². The number of carbonyl (C=O) groups excluding carboxylic acids is 1. The Bertz CT molecular complexity index is 571. The van der Waals surface area contributed by atoms with Crippen LogP contribution < -0.4 is 4.90 Å². The van der Waals surface area contributed by atoms with Crippen LogP contribution >= 0.6 is 0 Å². The van der Waals surface area contributed by atoms with Crippen LogP contribution in [0.4, 0.5) is 5.69 Å². The molecule has 1 amide bonds. The van der Waals surface area contributed by atoms with Gasteiger partial charge in [-0.25, -0.2) is 0 Å². The summed E-state index contributed by atoms with van der Waals surface area (Å²) in [5.41, 5.74) is 0.0197. The van der Waals surface area contributed by atoms with E-state index in [1.54, 1.807) is 45.2 Å². The molecule has 0 bridgehead atoms. The van der Waals surface area contributed by atoms with E-state index >= 15 is 0 Å². The lowest BCUT2D eigenvalue weighted by molar-refractivity contribution is -0.152. The molecule has 0 heterocycles. The number of carboxylic acids is 1. The number of hydrogen-bond acceptors (Lipinski definition) is 3. The predicted octanol–water partition coefficient (Wildman–Crippen LogP) is 2.80. The van der Waals surface area contributed by atoms with Gasteiger partial charge in [-0.2, -0.15) is 5.26 Å². The van der Waals surface area contributed by atoms with E-state index < -0.39 is 11.4 Å². The van der Waals surface area contributed by atoms with E-state index in [0.717, 1.165) is 0 Å². The van der Waals surface area contributed by atoms with Crippen molar-refractivity contribution in [3.63, 3.8) is 0 Å². The number of carbonyl (C=O) groups is 2. The van der Waals surface area contributed by atoms with Gasteiger partial charge in [0.1, 0.15) is 0 Å². The average molecular weight is 288 g/mol. The molecule has 0 saturated heterocycles. The molecule has 0 aliphatic rings. The minimum Gasteiger partial charge on any atom is -0.481 e. The van der Waals surface area contributed by atoms with E-state index in [1.165, 1.54) is 4.90 Å². The number of amides is 1. The number of hydrogen-bond donors (Lipinski definition) is 1. The summed E-state index contributed by atoms with van der Waals surface area (Å²) in [6.45, 7) is 3.56. The fourth-order valence-corrected chi connectivity index (χ4v) is 2.21. The summed E-state index contributed by atoms with van der Waals surface area (Å²) < 4.78 is 0. The summed E-state index contributed by atoms with van der Waals surface area (Å²) in [5.74, 6) is -1.21. The summed E-state index contributed by atoms with van der Waals surface area (Å²) >= 11 is 0. The summed E-state index contributed by atoms with van der Waals surface area (Å²) in [6.07, 6.45) is 0.746. The number of nitriles is 1. The second kappa shape index (κ2) is 6.89. The van der Waals surface area contributed by atoms with Crippen molar-refractivity contribution in [2.75, 3.05) is 11.9 Å². The zero-order valence-electron chi connectivity index (χ0n) is 12.6. The van der Waals surface area contributed by atoms with Gasteiger partial charge < -0.3 is 10.0 Å². The minimum atomic E-state index is -1.03. The normalized spacial score (nSPS) is 10.8. The van der Waals surface area contributed by atoms with Gasteiger partial charge in [0.15, 0.2) is 0 Å². The van der Waals surface area contributed by atoms with Crippen molar-refractivity contribution in [2.24, 2.45) is 5.41 Å². The summed E-state index contributed by atoms with van der Waals surface area (Å²) in [6, 6.07) is 8.70. The predicted molar refractivity (Wildman–Crippen MR) is 79.8 cm³/mol. The first-order valence-electron chi connectivity index (χ1n) is 6.90. The van der Waals surface area contributed by atoms with E-state index in [2.05, 4.69) is 0 Å². The second-order valence-corrected chi connectivity index (χ2v) is 5.08. The average Bonchev–Trinajstić information content (AvgIpc) is 2.51. The maximum atomic E-state index is 12.4. The third-order valence-corrected chi connectivity index (χ3v) is 4.03. The number of rotatable bonds is 6. The van der Waals surface area contributed by atoms with Crippen LogP contribution in [0.25, 0.3) is 0 Å². The molecule has 0 saturated carbocycles. The van der Waals surface area contributed by atoms with Crippen molar-refractivity contribution in [1.29, 1.82) is 5.26 Å². The maximum Gasteiger partial charge on any atom is 0.310 e. The molecule has 5 nitrogen and oxygen atoms in total. The zero-order chi connectivity index (χ0) is 16.0.